The molecule has 1 aliphatic heterocycles. The summed E-state index contributed by atoms with van der Waals surface area (Å²) in [6.45, 7) is 8.74. The first-order valence-electron chi connectivity index (χ1n) is 7.27. The molecule has 19 heavy (non-hydrogen) atoms. The Balaban J connectivity index is 2.09. The van der Waals surface area contributed by atoms with Gasteiger partial charge in [0.2, 0.25) is 0 Å². The second kappa shape index (κ2) is 6.02. The molecule has 0 aromatic carbocycles. The van der Waals surface area contributed by atoms with Crippen LogP contribution in [0.15, 0.2) is 18.3 Å². The van der Waals surface area contributed by atoms with Gasteiger partial charge in [0.05, 0.1) is 12.2 Å². The summed E-state index contributed by atoms with van der Waals surface area (Å²) in [4.78, 5) is 4.53. The Kier molecular flexibility index (Phi) is 4.58. The van der Waals surface area contributed by atoms with E-state index in [1.54, 1.807) is 0 Å². The van der Waals surface area contributed by atoms with E-state index in [-0.39, 0.29) is 0 Å². The third-order valence-electron chi connectivity index (χ3n) is 4.56. The zero-order valence-corrected chi connectivity index (χ0v) is 12.7. The van der Waals surface area contributed by atoms with E-state index in [2.05, 4.69) is 50.1 Å². The lowest BCUT2D eigenvalue weighted by atomic mass is 9.81. The highest BCUT2D eigenvalue weighted by Crippen LogP contribution is 2.35. The van der Waals surface area contributed by atoms with Gasteiger partial charge in [-0.15, -0.1) is 0 Å². The molecular formula is C16H26N2O. The van der Waals surface area contributed by atoms with Crippen molar-refractivity contribution in [2.75, 3.05) is 7.05 Å². The maximum absolute atomic E-state index is 5.97. The number of aryl methyl sites for hydroxylation is 1. The second-order valence-corrected chi connectivity index (χ2v) is 5.91. The van der Waals surface area contributed by atoms with Gasteiger partial charge in [-0.05, 0) is 45.4 Å². The van der Waals surface area contributed by atoms with Gasteiger partial charge in [0, 0.05) is 30.3 Å². The van der Waals surface area contributed by atoms with Crippen LogP contribution in [0, 0.1) is 18.8 Å². The number of nitrogens with one attached hydrogen (secondary N) is 1. The van der Waals surface area contributed by atoms with Gasteiger partial charge in [-0.1, -0.05) is 13.0 Å². The lowest BCUT2D eigenvalue weighted by molar-refractivity contribution is 0.0478. The molecule has 2 heterocycles. The molecule has 0 bridgehead atoms. The van der Waals surface area contributed by atoms with Gasteiger partial charge < -0.3 is 10.1 Å². The van der Waals surface area contributed by atoms with Crippen LogP contribution in [0.2, 0.25) is 0 Å². The Morgan fingerprint density at radius 1 is 1.26 bits per heavy atom. The van der Waals surface area contributed by atoms with E-state index in [9.17, 15) is 0 Å². The largest absolute Gasteiger partial charge is 0.375 e. The number of likely N-dealkylation sites (N-methyl/N-ethyl adjacent to an activating group) is 1. The molecule has 5 unspecified atom stereocenters. The summed E-state index contributed by atoms with van der Waals surface area (Å²) in [5.74, 6) is 1.13. The van der Waals surface area contributed by atoms with Crippen LogP contribution in [0.3, 0.4) is 0 Å². The molecule has 1 fully saturated rings. The number of hydrogen-bond donors (Lipinski definition) is 1. The lowest BCUT2D eigenvalue weighted by Gasteiger charge is -2.28. The van der Waals surface area contributed by atoms with Gasteiger partial charge in [0.25, 0.3) is 0 Å². The molecule has 5 atom stereocenters. The van der Waals surface area contributed by atoms with Gasteiger partial charge in [-0.25, -0.2) is 0 Å². The van der Waals surface area contributed by atoms with Crippen molar-refractivity contribution in [1.82, 2.24) is 10.3 Å². The van der Waals surface area contributed by atoms with E-state index in [4.69, 9.17) is 4.74 Å². The highest BCUT2D eigenvalue weighted by Gasteiger charge is 2.41. The predicted octanol–water partition coefficient (Wildman–Crippen LogP) is 2.58. The Morgan fingerprint density at radius 3 is 2.47 bits per heavy atom. The molecule has 2 rings (SSSR count). The first kappa shape index (κ1) is 14.5. The summed E-state index contributed by atoms with van der Waals surface area (Å²) in [6, 6.07) is 4.69. The standard InChI is InChI=1S/C16H26N2O/c1-10-6-7-14(18-9-10)8-15(17-5)16-11(2)12(3)19-13(16)4/h6-7,9,11-13,15-17H,8H2,1-5H3. The van der Waals surface area contributed by atoms with Crippen molar-refractivity contribution in [3.05, 3.63) is 29.6 Å². The molecule has 3 heteroatoms. The Labute approximate surface area is 116 Å². The molecule has 106 valence electrons. The van der Waals surface area contributed by atoms with Crippen molar-refractivity contribution >= 4 is 0 Å². The Hall–Kier alpha value is -0.930. The van der Waals surface area contributed by atoms with Crippen molar-refractivity contribution in [2.45, 2.75) is 52.4 Å². The predicted molar refractivity (Wildman–Crippen MR) is 78.2 cm³/mol. The van der Waals surface area contributed by atoms with E-state index >= 15 is 0 Å². The summed E-state index contributed by atoms with van der Waals surface area (Å²) in [5.41, 5.74) is 2.37. The zero-order chi connectivity index (χ0) is 14.0. The van der Waals surface area contributed by atoms with Crippen molar-refractivity contribution in [1.29, 1.82) is 0 Å². The first-order valence-corrected chi connectivity index (χ1v) is 7.27. The molecule has 1 N–H and O–H groups in total. The topological polar surface area (TPSA) is 34.2 Å². The van der Waals surface area contributed by atoms with E-state index in [0.717, 1.165) is 12.1 Å². The molecule has 1 saturated heterocycles. The molecule has 1 aromatic heterocycles. The summed E-state index contributed by atoms with van der Waals surface area (Å²) < 4.78 is 5.97. The first-order chi connectivity index (χ1) is 9.02. The number of pyridine rings is 1. The van der Waals surface area contributed by atoms with E-state index in [0.29, 0.717) is 30.1 Å². The third-order valence-corrected chi connectivity index (χ3v) is 4.56. The molecule has 0 spiro atoms. The number of hydrogen-bond acceptors (Lipinski definition) is 3. The Bertz CT molecular complexity index is 404. The van der Waals surface area contributed by atoms with Crippen LogP contribution in [0.1, 0.15) is 32.0 Å². The van der Waals surface area contributed by atoms with Crippen LogP contribution >= 0.6 is 0 Å². The molecule has 1 aliphatic rings. The molecule has 0 radical (unpaired) electrons. The fourth-order valence-corrected chi connectivity index (χ4v) is 3.26. The smallest absolute Gasteiger partial charge is 0.0597 e. The minimum atomic E-state index is 0.313. The second-order valence-electron chi connectivity index (χ2n) is 5.91. The minimum Gasteiger partial charge on any atom is -0.375 e. The highest BCUT2D eigenvalue weighted by atomic mass is 16.5. The summed E-state index contributed by atoms with van der Waals surface area (Å²) in [6.07, 6.45) is 3.57. The van der Waals surface area contributed by atoms with Gasteiger partial charge in [0.15, 0.2) is 0 Å². The van der Waals surface area contributed by atoms with E-state index in [1.807, 2.05) is 13.2 Å². The van der Waals surface area contributed by atoms with Gasteiger partial charge in [-0.3, -0.25) is 4.98 Å². The Morgan fingerprint density at radius 2 is 2.00 bits per heavy atom. The van der Waals surface area contributed by atoms with E-state index in [1.165, 1.54) is 5.56 Å². The third kappa shape index (κ3) is 3.15. The average Bonchev–Trinajstić information content (AvgIpc) is 2.63. The molecule has 0 amide bonds. The number of rotatable bonds is 4. The quantitative estimate of drug-likeness (QED) is 0.905. The fraction of sp³-hybridized carbons (Fsp3) is 0.688. The number of ether oxygens (including phenoxy) is 1. The van der Waals surface area contributed by atoms with Crippen molar-refractivity contribution in [3.8, 4) is 0 Å². The lowest BCUT2D eigenvalue weighted by Crippen LogP contribution is -2.41. The fourth-order valence-electron chi connectivity index (χ4n) is 3.26. The molecule has 0 aliphatic carbocycles. The zero-order valence-electron chi connectivity index (χ0n) is 12.7. The number of nitrogens with zero attached hydrogens (tertiary/aromatic N) is 1. The van der Waals surface area contributed by atoms with Crippen LogP contribution < -0.4 is 5.32 Å². The summed E-state index contributed by atoms with van der Waals surface area (Å²) in [5, 5.41) is 3.47. The maximum atomic E-state index is 5.97. The molecule has 0 saturated carbocycles. The monoisotopic (exact) mass is 262 g/mol. The van der Waals surface area contributed by atoms with Crippen LogP contribution in [-0.2, 0) is 11.2 Å². The van der Waals surface area contributed by atoms with Crippen LogP contribution in [0.4, 0.5) is 0 Å². The van der Waals surface area contributed by atoms with Crippen LogP contribution in [-0.4, -0.2) is 30.3 Å². The normalized spacial score (nSPS) is 32.5. The molecule has 3 nitrogen and oxygen atoms in total. The van der Waals surface area contributed by atoms with E-state index < -0.39 is 0 Å². The summed E-state index contributed by atoms with van der Waals surface area (Å²) in [7, 11) is 2.04. The SMILES string of the molecule is CNC(Cc1ccc(C)cn1)C1C(C)OC(C)C1C. The highest BCUT2D eigenvalue weighted by molar-refractivity contribution is 5.13. The van der Waals surface area contributed by atoms with Crippen molar-refractivity contribution in [3.63, 3.8) is 0 Å². The van der Waals surface area contributed by atoms with Gasteiger partial charge in [0.1, 0.15) is 0 Å². The molecular weight excluding hydrogens is 236 g/mol. The van der Waals surface area contributed by atoms with Crippen LogP contribution in [0.5, 0.6) is 0 Å². The average molecular weight is 262 g/mol. The van der Waals surface area contributed by atoms with Gasteiger partial charge in [-0.2, -0.15) is 0 Å². The summed E-state index contributed by atoms with van der Waals surface area (Å²) >= 11 is 0. The number of aromatic nitrogens is 1. The van der Waals surface area contributed by atoms with Crippen molar-refractivity contribution < 1.29 is 4.74 Å². The minimum absolute atomic E-state index is 0.313. The maximum Gasteiger partial charge on any atom is 0.0597 e. The van der Waals surface area contributed by atoms with Crippen molar-refractivity contribution in [2.24, 2.45) is 11.8 Å². The van der Waals surface area contributed by atoms with Gasteiger partial charge >= 0.3 is 0 Å². The molecule has 1 aromatic rings. The van der Waals surface area contributed by atoms with Crippen LogP contribution in [0.25, 0.3) is 0 Å².